The monoisotopic (exact) mass is 458 g/mol. The Morgan fingerprint density at radius 3 is 2.44 bits per heavy atom. The van der Waals surface area contributed by atoms with E-state index in [4.69, 9.17) is 14.2 Å². The Morgan fingerprint density at radius 2 is 1.78 bits per heavy atom. The van der Waals surface area contributed by atoms with E-state index in [0.717, 1.165) is 17.2 Å². The molecule has 7 heteroatoms. The van der Waals surface area contributed by atoms with Gasteiger partial charge in [-0.3, -0.25) is 14.4 Å². The summed E-state index contributed by atoms with van der Waals surface area (Å²) in [5, 5.41) is 0. The highest BCUT2D eigenvalue weighted by atomic mass is 28.3. The minimum atomic E-state index is -1.38. The van der Waals surface area contributed by atoms with Gasteiger partial charge >= 0.3 is 11.9 Å². The van der Waals surface area contributed by atoms with E-state index in [2.05, 4.69) is 26.2 Å². The van der Waals surface area contributed by atoms with E-state index in [9.17, 15) is 14.4 Å². The van der Waals surface area contributed by atoms with Gasteiger partial charge in [0.15, 0.2) is 0 Å². The summed E-state index contributed by atoms with van der Waals surface area (Å²) in [4.78, 5) is 39.3. The van der Waals surface area contributed by atoms with Crippen molar-refractivity contribution < 1.29 is 28.6 Å². The van der Waals surface area contributed by atoms with E-state index >= 15 is 0 Å². The van der Waals surface area contributed by atoms with Gasteiger partial charge in [-0.1, -0.05) is 45.3 Å². The van der Waals surface area contributed by atoms with Crippen molar-refractivity contribution in [1.82, 2.24) is 0 Å². The SMILES string of the molecule is C=CCOc1ccc2c(c1)[C@@H]1C(=O)CC2[C@@H](C(=O)OCC[Si](C)(C)C)[C@@H]1C(=O)OCCC. The Hall–Kier alpha value is -2.41. The van der Waals surface area contributed by atoms with Crippen LogP contribution in [-0.4, -0.2) is 45.6 Å². The summed E-state index contributed by atoms with van der Waals surface area (Å²) in [5.41, 5.74) is 1.68. The third kappa shape index (κ3) is 5.14. The van der Waals surface area contributed by atoms with Crippen molar-refractivity contribution in [1.29, 1.82) is 0 Å². The molecule has 3 aliphatic carbocycles. The smallest absolute Gasteiger partial charge is 0.310 e. The molecule has 0 spiro atoms. The van der Waals surface area contributed by atoms with Gasteiger partial charge in [0.05, 0.1) is 31.0 Å². The fraction of sp³-hybridized carbons (Fsp3) is 0.560. The van der Waals surface area contributed by atoms with Crippen LogP contribution in [0.25, 0.3) is 0 Å². The first-order valence-electron chi connectivity index (χ1n) is 11.4. The van der Waals surface area contributed by atoms with E-state index in [0.29, 0.717) is 25.4 Å². The fourth-order valence-electron chi connectivity index (χ4n) is 4.65. The molecular weight excluding hydrogens is 424 g/mol. The zero-order valence-electron chi connectivity index (χ0n) is 19.5. The molecular formula is C25H34O6Si. The lowest BCUT2D eigenvalue weighted by atomic mass is 9.55. The standard InChI is InChI=1S/C25H34O6Si/c1-6-10-29-16-8-9-17-18(14-16)21-20(26)15-19(17)22(23(21)25(28)30-11-7-2)24(27)31-12-13-32(3,4)5/h6,8-9,14,19,21-23H,1,7,10-13,15H2,2-5H3/t19?,21-,22-,23-/m1/s1. The number of carbonyl (C=O) groups is 3. The van der Waals surface area contributed by atoms with Crippen molar-refractivity contribution in [2.75, 3.05) is 19.8 Å². The highest BCUT2D eigenvalue weighted by Gasteiger charge is 2.57. The molecule has 1 aromatic carbocycles. The lowest BCUT2D eigenvalue weighted by Gasteiger charge is -2.46. The van der Waals surface area contributed by atoms with Crippen LogP contribution in [0.5, 0.6) is 5.75 Å². The molecule has 0 radical (unpaired) electrons. The zero-order chi connectivity index (χ0) is 23.5. The third-order valence-corrected chi connectivity index (χ3v) is 7.90. The normalized spacial score (nSPS) is 23.9. The number of Topliss-reactive ketones (excluding diaryl/α,β-unsaturated/α-hetero) is 1. The van der Waals surface area contributed by atoms with Gasteiger partial charge in [0, 0.05) is 20.4 Å². The van der Waals surface area contributed by atoms with Crippen LogP contribution in [0.4, 0.5) is 0 Å². The largest absolute Gasteiger partial charge is 0.490 e. The minimum Gasteiger partial charge on any atom is -0.490 e. The molecule has 4 rings (SSSR count). The highest BCUT2D eigenvalue weighted by Crippen LogP contribution is 2.55. The lowest BCUT2D eigenvalue weighted by molar-refractivity contribution is -0.167. The van der Waals surface area contributed by atoms with Crippen LogP contribution in [0.15, 0.2) is 30.9 Å². The summed E-state index contributed by atoms with van der Waals surface area (Å²) in [6.07, 6.45) is 2.55. The molecule has 4 atom stereocenters. The number of ether oxygens (including phenoxy) is 3. The Morgan fingerprint density at radius 1 is 1.09 bits per heavy atom. The lowest BCUT2D eigenvalue weighted by Crippen LogP contribution is -2.50. The van der Waals surface area contributed by atoms with Crippen LogP contribution < -0.4 is 4.74 Å². The molecule has 1 unspecified atom stereocenters. The predicted octanol–water partition coefficient (Wildman–Crippen LogP) is 4.47. The van der Waals surface area contributed by atoms with Crippen LogP contribution >= 0.6 is 0 Å². The van der Waals surface area contributed by atoms with Gasteiger partial charge in [-0.25, -0.2) is 0 Å². The van der Waals surface area contributed by atoms with Crippen LogP contribution in [0.1, 0.15) is 42.7 Å². The maximum Gasteiger partial charge on any atom is 0.310 e. The van der Waals surface area contributed by atoms with Gasteiger partial charge in [0.1, 0.15) is 18.1 Å². The van der Waals surface area contributed by atoms with E-state index in [1.165, 1.54) is 0 Å². The minimum absolute atomic E-state index is 0.0343. The predicted molar refractivity (Wildman–Crippen MR) is 125 cm³/mol. The van der Waals surface area contributed by atoms with Gasteiger partial charge in [-0.05, 0) is 35.7 Å². The van der Waals surface area contributed by atoms with E-state index < -0.39 is 43.7 Å². The van der Waals surface area contributed by atoms with Gasteiger partial charge in [-0.15, -0.1) is 0 Å². The molecule has 174 valence electrons. The van der Waals surface area contributed by atoms with Gasteiger partial charge in [-0.2, -0.15) is 0 Å². The molecule has 0 amide bonds. The summed E-state index contributed by atoms with van der Waals surface area (Å²) in [6.45, 7) is 13.2. The number of benzene rings is 1. The molecule has 1 aromatic rings. The van der Waals surface area contributed by atoms with Gasteiger partial charge < -0.3 is 14.2 Å². The molecule has 0 heterocycles. The number of ketones is 1. The highest BCUT2D eigenvalue weighted by molar-refractivity contribution is 6.76. The van der Waals surface area contributed by atoms with Gasteiger partial charge in [0.25, 0.3) is 0 Å². The molecule has 3 aliphatic rings. The van der Waals surface area contributed by atoms with Crippen molar-refractivity contribution in [2.24, 2.45) is 11.8 Å². The average Bonchev–Trinajstić information content (AvgIpc) is 2.74. The van der Waals surface area contributed by atoms with E-state index in [-0.39, 0.29) is 18.8 Å². The van der Waals surface area contributed by atoms with Crippen molar-refractivity contribution >= 4 is 25.8 Å². The molecule has 32 heavy (non-hydrogen) atoms. The number of esters is 2. The molecule has 2 bridgehead atoms. The van der Waals surface area contributed by atoms with Crippen molar-refractivity contribution in [3.05, 3.63) is 42.0 Å². The second-order valence-corrected chi connectivity index (χ2v) is 15.5. The van der Waals surface area contributed by atoms with Crippen molar-refractivity contribution in [3.8, 4) is 5.75 Å². The number of rotatable bonds is 10. The Balaban J connectivity index is 1.95. The summed E-state index contributed by atoms with van der Waals surface area (Å²) >= 11 is 0. The first-order valence-corrected chi connectivity index (χ1v) is 15.1. The van der Waals surface area contributed by atoms with Crippen molar-refractivity contribution in [3.63, 3.8) is 0 Å². The maximum absolute atomic E-state index is 13.2. The van der Waals surface area contributed by atoms with E-state index in [1.54, 1.807) is 6.08 Å². The second-order valence-electron chi connectivity index (χ2n) is 9.84. The topological polar surface area (TPSA) is 78.9 Å². The molecule has 1 saturated carbocycles. The van der Waals surface area contributed by atoms with Crippen molar-refractivity contribution in [2.45, 2.75) is 57.3 Å². The zero-order valence-corrected chi connectivity index (χ0v) is 20.5. The van der Waals surface area contributed by atoms with Crippen LogP contribution in [0.3, 0.4) is 0 Å². The molecule has 1 fully saturated rings. The Kier molecular flexibility index (Phi) is 7.59. The Labute approximate surface area is 191 Å². The number of hydrogen-bond donors (Lipinski definition) is 0. The van der Waals surface area contributed by atoms with Crippen LogP contribution in [0, 0.1) is 11.8 Å². The van der Waals surface area contributed by atoms with Crippen LogP contribution in [-0.2, 0) is 23.9 Å². The number of carbonyl (C=O) groups excluding carboxylic acids is 3. The number of hydrogen-bond acceptors (Lipinski definition) is 6. The summed E-state index contributed by atoms with van der Waals surface area (Å²) < 4.78 is 16.8. The summed E-state index contributed by atoms with van der Waals surface area (Å²) in [7, 11) is -1.38. The third-order valence-electron chi connectivity index (χ3n) is 6.20. The molecule has 6 nitrogen and oxygen atoms in total. The molecule has 0 aromatic heterocycles. The molecule has 0 aliphatic heterocycles. The first-order chi connectivity index (χ1) is 15.2. The Bertz CT molecular complexity index is 887. The maximum atomic E-state index is 13.2. The van der Waals surface area contributed by atoms with E-state index in [1.807, 2.05) is 25.1 Å². The summed E-state index contributed by atoms with van der Waals surface area (Å²) in [5.74, 6) is -3.01. The quantitative estimate of drug-likeness (QED) is 0.292. The summed E-state index contributed by atoms with van der Waals surface area (Å²) in [6, 6.07) is 6.42. The second kappa shape index (κ2) is 10.0. The average molecular weight is 459 g/mol. The first kappa shape index (κ1) is 24.2. The van der Waals surface area contributed by atoms with Gasteiger partial charge in [0.2, 0.25) is 0 Å². The van der Waals surface area contributed by atoms with Crippen LogP contribution in [0.2, 0.25) is 25.7 Å². The fourth-order valence-corrected chi connectivity index (χ4v) is 5.36. The molecule has 0 saturated heterocycles. The molecule has 0 N–H and O–H groups in total. The number of fused-ring (bicyclic) bond motifs is 2.